The third kappa shape index (κ3) is 7.16. The van der Waals surface area contributed by atoms with Gasteiger partial charge in [-0.2, -0.15) is 26.3 Å². The molecule has 0 aliphatic heterocycles. The van der Waals surface area contributed by atoms with E-state index in [0.29, 0.717) is 0 Å². The number of rotatable bonds is 6. The minimum Gasteiger partial charge on any atom is -0.460 e. The van der Waals surface area contributed by atoms with E-state index in [0.717, 1.165) is 48.5 Å². The number of hydrogen-bond acceptors (Lipinski definition) is 3. The molecule has 0 saturated heterocycles. The average molecular weight is 445 g/mol. The highest BCUT2D eigenvalue weighted by Gasteiger charge is 2.31. The quantitative estimate of drug-likeness (QED) is 0.225. The summed E-state index contributed by atoms with van der Waals surface area (Å²) in [6.45, 7) is 1.01. The predicted molar refractivity (Wildman–Crippen MR) is 100 cm³/mol. The van der Waals surface area contributed by atoms with E-state index in [9.17, 15) is 35.9 Å². The van der Waals surface area contributed by atoms with Crippen molar-refractivity contribution in [2.45, 2.75) is 19.3 Å². The van der Waals surface area contributed by atoms with Crippen LogP contribution in [0.4, 0.5) is 26.3 Å². The molecule has 1 N–H and O–H groups in total. The summed E-state index contributed by atoms with van der Waals surface area (Å²) >= 11 is 0. The molecule has 0 unspecified atom stereocenters. The Kier molecular flexibility index (Phi) is 7.48. The number of amides is 1. The molecule has 166 valence electrons. The molecular weight excluding hydrogens is 428 g/mol. The molecule has 10 heteroatoms. The Labute approximate surface area is 173 Å². The van der Waals surface area contributed by atoms with Gasteiger partial charge in [-0.05, 0) is 41.5 Å². The van der Waals surface area contributed by atoms with Crippen molar-refractivity contribution in [2.24, 2.45) is 0 Å². The Hall–Kier alpha value is -3.30. The van der Waals surface area contributed by atoms with Crippen molar-refractivity contribution in [3.63, 3.8) is 0 Å². The summed E-state index contributed by atoms with van der Waals surface area (Å²) in [6.07, 6.45) is -8.11. The van der Waals surface area contributed by atoms with Gasteiger partial charge < -0.3 is 10.1 Å². The molecule has 0 atom stereocenters. The molecule has 0 fully saturated rings. The number of esters is 1. The summed E-state index contributed by atoms with van der Waals surface area (Å²) in [6, 6.07) is 7.65. The number of carbonyl (C=O) groups is 2. The van der Waals surface area contributed by atoms with Crippen LogP contribution in [0.15, 0.2) is 48.5 Å². The third-order valence-electron chi connectivity index (χ3n) is 3.98. The van der Waals surface area contributed by atoms with Crippen LogP contribution in [0.2, 0.25) is 0 Å². The van der Waals surface area contributed by atoms with Gasteiger partial charge in [0.25, 0.3) is 0 Å². The van der Waals surface area contributed by atoms with Gasteiger partial charge in [0, 0.05) is 6.92 Å². The summed E-state index contributed by atoms with van der Waals surface area (Å²) in [5.74, 6) is -1.33. The second kappa shape index (κ2) is 9.67. The summed E-state index contributed by atoms with van der Waals surface area (Å²) in [4.78, 5) is 23.4. The number of benzene rings is 2. The SMILES string of the molecule is CC(=O)NCCOC(=O)C(=Cc1cccc(C(F)(F)F)c1)c1ccc(C(F)(F)F)cc1. The smallest absolute Gasteiger partial charge is 0.416 e. The zero-order valence-electron chi connectivity index (χ0n) is 16.1. The standard InChI is InChI=1S/C21H17F6NO3/c1-13(29)28-9-10-31-19(30)18(15-5-7-16(8-6-15)20(22,23)24)12-14-3-2-4-17(11-14)21(25,26)27/h2-8,11-12H,9-10H2,1H3,(H,28,29). The second-order valence-electron chi connectivity index (χ2n) is 6.38. The summed E-state index contributed by atoms with van der Waals surface area (Å²) in [5.41, 5.74) is -2.12. The number of carbonyl (C=O) groups excluding carboxylic acids is 2. The molecule has 0 radical (unpaired) electrons. The van der Waals surface area contributed by atoms with Gasteiger partial charge in [-0.3, -0.25) is 4.79 Å². The number of nitrogens with one attached hydrogen (secondary N) is 1. The first-order chi connectivity index (χ1) is 14.4. The van der Waals surface area contributed by atoms with Crippen LogP contribution in [0.1, 0.15) is 29.2 Å². The van der Waals surface area contributed by atoms with Crippen molar-refractivity contribution in [3.05, 3.63) is 70.8 Å². The van der Waals surface area contributed by atoms with E-state index in [4.69, 9.17) is 4.74 Å². The maximum absolute atomic E-state index is 13.0. The summed E-state index contributed by atoms with van der Waals surface area (Å²) < 4.78 is 82.3. The van der Waals surface area contributed by atoms with Gasteiger partial charge in [0.05, 0.1) is 23.2 Å². The van der Waals surface area contributed by atoms with Crippen LogP contribution in [0.5, 0.6) is 0 Å². The third-order valence-corrected chi connectivity index (χ3v) is 3.98. The van der Waals surface area contributed by atoms with Gasteiger partial charge in [-0.25, -0.2) is 4.79 Å². The minimum absolute atomic E-state index is 0.00327. The highest BCUT2D eigenvalue weighted by molar-refractivity contribution is 6.21. The van der Waals surface area contributed by atoms with Crippen LogP contribution in [-0.4, -0.2) is 25.0 Å². The van der Waals surface area contributed by atoms with Crippen molar-refractivity contribution >= 4 is 23.5 Å². The molecule has 0 aliphatic carbocycles. The van der Waals surface area contributed by atoms with Crippen molar-refractivity contribution in [1.82, 2.24) is 5.32 Å². The fraction of sp³-hybridized carbons (Fsp3) is 0.238. The van der Waals surface area contributed by atoms with Crippen LogP contribution in [0.25, 0.3) is 11.6 Å². The first kappa shape index (κ1) is 24.0. The lowest BCUT2D eigenvalue weighted by atomic mass is 10.0. The number of ether oxygens (including phenoxy) is 1. The fourth-order valence-corrected chi connectivity index (χ4v) is 2.52. The van der Waals surface area contributed by atoms with Crippen LogP contribution < -0.4 is 5.32 Å². The largest absolute Gasteiger partial charge is 0.460 e. The van der Waals surface area contributed by atoms with E-state index < -0.39 is 29.4 Å². The zero-order valence-corrected chi connectivity index (χ0v) is 16.1. The van der Waals surface area contributed by atoms with Gasteiger partial charge in [0.15, 0.2) is 0 Å². The van der Waals surface area contributed by atoms with Gasteiger partial charge >= 0.3 is 18.3 Å². The molecule has 31 heavy (non-hydrogen) atoms. The van der Waals surface area contributed by atoms with Crippen LogP contribution in [-0.2, 0) is 26.7 Å². The van der Waals surface area contributed by atoms with Gasteiger partial charge in [-0.1, -0.05) is 24.3 Å². The Morgan fingerprint density at radius 1 is 0.935 bits per heavy atom. The molecule has 0 spiro atoms. The van der Waals surface area contributed by atoms with E-state index >= 15 is 0 Å². The molecule has 0 aromatic heterocycles. The Morgan fingerprint density at radius 2 is 1.55 bits per heavy atom. The monoisotopic (exact) mass is 445 g/mol. The first-order valence-corrected chi connectivity index (χ1v) is 8.86. The van der Waals surface area contributed by atoms with Crippen molar-refractivity contribution < 1.29 is 40.7 Å². The highest BCUT2D eigenvalue weighted by atomic mass is 19.4. The van der Waals surface area contributed by atoms with E-state index in [1.165, 1.54) is 13.0 Å². The molecule has 0 saturated carbocycles. The first-order valence-electron chi connectivity index (χ1n) is 8.86. The zero-order chi connectivity index (χ0) is 23.2. The number of halogens is 6. The van der Waals surface area contributed by atoms with E-state index in [1.807, 2.05) is 0 Å². The second-order valence-corrected chi connectivity index (χ2v) is 6.38. The van der Waals surface area contributed by atoms with E-state index in [2.05, 4.69) is 5.32 Å². The molecule has 1 amide bonds. The molecule has 0 aliphatic rings. The summed E-state index contributed by atoms with van der Waals surface area (Å²) in [5, 5.41) is 2.39. The topological polar surface area (TPSA) is 55.4 Å². The lowest BCUT2D eigenvalue weighted by Gasteiger charge is -2.12. The van der Waals surface area contributed by atoms with Crippen molar-refractivity contribution in [1.29, 1.82) is 0 Å². The predicted octanol–water partition coefficient (Wildman–Crippen LogP) is 4.94. The Bertz CT molecular complexity index is 962. The van der Waals surface area contributed by atoms with Gasteiger partial charge in [0.1, 0.15) is 6.61 Å². The lowest BCUT2D eigenvalue weighted by molar-refractivity contribution is -0.138. The number of hydrogen-bond donors (Lipinski definition) is 1. The molecule has 0 bridgehead atoms. The number of alkyl halides is 6. The Morgan fingerprint density at radius 3 is 2.10 bits per heavy atom. The van der Waals surface area contributed by atoms with Crippen LogP contribution >= 0.6 is 0 Å². The lowest BCUT2D eigenvalue weighted by Crippen LogP contribution is -2.25. The van der Waals surface area contributed by atoms with E-state index in [-0.39, 0.29) is 35.8 Å². The van der Waals surface area contributed by atoms with Crippen molar-refractivity contribution in [3.8, 4) is 0 Å². The van der Waals surface area contributed by atoms with Crippen LogP contribution in [0, 0.1) is 0 Å². The normalized spacial score (nSPS) is 12.4. The maximum atomic E-state index is 13.0. The molecule has 4 nitrogen and oxygen atoms in total. The Balaban J connectivity index is 2.39. The summed E-state index contributed by atoms with van der Waals surface area (Å²) in [7, 11) is 0. The van der Waals surface area contributed by atoms with Crippen LogP contribution in [0.3, 0.4) is 0 Å². The highest BCUT2D eigenvalue weighted by Crippen LogP contribution is 2.32. The minimum atomic E-state index is -4.61. The molecule has 2 aromatic carbocycles. The molecular formula is C21H17F6NO3. The average Bonchev–Trinajstić information content (AvgIpc) is 2.68. The molecule has 0 heterocycles. The fourth-order valence-electron chi connectivity index (χ4n) is 2.52. The van der Waals surface area contributed by atoms with Gasteiger partial charge in [0.2, 0.25) is 5.91 Å². The molecule has 2 aromatic rings. The van der Waals surface area contributed by atoms with Gasteiger partial charge in [-0.15, -0.1) is 0 Å². The van der Waals surface area contributed by atoms with E-state index in [1.54, 1.807) is 0 Å². The molecule has 2 rings (SSSR count). The van der Waals surface area contributed by atoms with Crippen molar-refractivity contribution in [2.75, 3.05) is 13.2 Å². The maximum Gasteiger partial charge on any atom is 0.416 e.